The summed E-state index contributed by atoms with van der Waals surface area (Å²) in [5.41, 5.74) is 1.22. The number of aryl methyl sites for hydroxylation is 1. The molecule has 0 aromatic carbocycles. The van der Waals surface area contributed by atoms with E-state index in [1.807, 2.05) is 0 Å². The van der Waals surface area contributed by atoms with Crippen molar-refractivity contribution in [1.82, 2.24) is 5.32 Å². The summed E-state index contributed by atoms with van der Waals surface area (Å²) in [7, 11) is 0. The molecule has 1 aliphatic heterocycles. The summed E-state index contributed by atoms with van der Waals surface area (Å²) in [5, 5.41) is 4.61. The molecule has 0 spiro atoms. The van der Waals surface area contributed by atoms with Crippen LogP contribution >= 0.6 is 11.3 Å². The maximum atomic E-state index is 12.3. The Kier molecular flexibility index (Phi) is 3.44. The van der Waals surface area contributed by atoms with Crippen molar-refractivity contribution in [2.45, 2.75) is 44.9 Å². The van der Waals surface area contributed by atoms with Crippen LogP contribution in [-0.4, -0.2) is 11.8 Å². The summed E-state index contributed by atoms with van der Waals surface area (Å²) < 4.78 is 0. The molecule has 102 valence electrons. The number of hydrogen-bond acceptors (Lipinski definition) is 3. The third-order valence-electron chi connectivity index (χ3n) is 4.55. The van der Waals surface area contributed by atoms with E-state index in [0.29, 0.717) is 12.3 Å². The maximum Gasteiger partial charge on any atom is 0.230 e. The second kappa shape index (κ2) is 5.08. The quantitative estimate of drug-likeness (QED) is 0.845. The van der Waals surface area contributed by atoms with Crippen LogP contribution in [0.5, 0.6) is 0 Å². The normalized spacial score (nSPS) is 28.7. The molecule has 2 unspecified atom stereocenters. The lowest BCUT2D eigenvalue weighted by Gasteiger charge is -2.33. The van der Waals surface area contributed by atoms with Gasteiger partial charge in [0, 0.05) is 23.1 Å². The minimum absolute atomic E-state index is 0.00227. The van der Waals surface area contributed by atoms with Crippen LogP contribution in [0, 0.1) is 18.8 Å². The van der Waals surface area contributed by atoms with Crippen molar-refractivity contribution in [2.24, 2.45) is 11.8 Å². The molecular weight excluding hydrogens is 258 g/mol. The molecule has 1 aromatic rings. The van der Waals surface area contributed by atoms with Crippen molar-refractivity contribution < 1.29 is 9.59 Å². The van der Waals surface area contributed by atoms with Crippen LogP contribution in [0.1, 0.15) is 48.5 Å². The summed E-state index contributed by atoms with van der Waals surface area (Å²) >= 11 is 1.69. The van der Waals surface area contributed by atoms with E-state index in [0.717, 1.165) is 12.8 Å². The van der Waals surface area contributed by atoms with Gasteiger partial charge in [-0.05, 0) is 42.7 Å². The SMILES string of the molecule is Cc1ccsc1C1CC(=O)NC(=O)C1C1CCCC1. The highest BCUT2D eigenvalue weighted by molar-refractivity contribution is 7.10. The van der Waals surface area contributed by atoms with Gasteiger partial charge in [0.25, 0.3) is 0 Å². The van der Waals surface area contributed by atoms with Crippen LogP contribution in [0.2, 0.25) is 0 Å². The standard InChI is InChI=1S/C15H19NO2S/c1-9-6-7-19-14(9)11-8-12(17)16-15(18)13(11)10-4-2-3-5-10/h6-7,10-11,13H,2-5,8H2,1H3,(H,16,17,18). The van der Waals surface area contributed by atoms with Gasteiger partial charge in [0.1, 0.15) is 0 Å². The van der Waals surface area contributed by atoms with Crippen LogP contribution < -0.4 is 5.32 Å². The molecule has 3 nitrogen and oxygen atoms in total. The summed E-state index contributed by atoms with van der Waals surface area (Å²) in [4.78, 5) is 25.2. The van der Waals surface area contributed by atoms with Crippen LogP contribution in [0.3, 0.4) is 0 Å². The highest BCUT2D eigenvalue weighted by atomic mass is 32.1. The Morgan fingerprint density at radius 2 is 2.00 bits per heavy atom. The number of carbonyl (C=O) groups excluding carboxylic acids is 2. The van der Waals surface area contributed by atoms with Gasteiger partial charge in [0.15, 0.2) is 0 Å². The minimum Gasteiger partial charge on any atom is -0.296 e. The van der Waals surface area contributed by atoms with Crippen molar-refractivity contribution in [3.8, 4) is 0 Å². The van der Waals surface area contributed by atoms with E-state index >= 15 is 0 Å². The van der Waals surface area contributed by atoms with Crippen molar-refractivity contribution in [3.63, 3.8) is 0 Å². The summed E-state index contributed by atoms with van der Waals surface area (Å²) in [6, 6.07) is 2.09. The predicted molar refractivity (Wildman–Crippen MR) is 75.0 cm³/mol. The first kappa shape index (κ1) is 12.9. The molecule has 1 aromatic heterocycles. The van der Waals surface area contributed by atoms with Crippen molar-refractivity contribution in [1.29, 1.82) is 0 Å². The predicted octanol–water partition coefficient (Wildman–Crippen LogP) is 2.99. The molecule has 1 saturated carbocycles. The van der Waals surface area contributed by atoms with Gasteiger partial charge in [-0.3, -0.25) is 14.9 Å². The Bertz CT molecular complexity index is 502. The van der Waals surface area contributed by atoms with Gasteiger partial charge < -0.3 is 0 Å². The lowest BCUT2D eigenvalue weighted by atomic mass is 9.75. The van der Waals surface area contributed by atoms with Gasteiger partial charge >= 0.3 is 0 Å². The lowest BCUT2D eigenvalue weighted by Crippen LogP contribution is -2.47. The zero-order valence-electron chi connectivity index (χ0n) is 11.1. The van der Waals surface area contributed by atoms with Gasteiger partial charge in [-0.25, -0.2) is 0 Å². The van der Waals surface area contributed by atoms with E-state index in [9.17, 15) is 9.59 Å². The monoisotopic (exact) mass is 277 g/mol. The largest absolute Gasteiger partial charge is 0.296 e. The molecule has 2 aliphatic rings. The minimum atomic E-state index is -0.114. The molecule has 0 radical (unpaired) electrons. The number of hydrogen-bond donors (Lipinski definition) is 1. The molecule has 2 atom stereocenters. The third-order valence-corrected chi connectivity index (χ3v) is 5.70. The number of carbonyl (C=O) groups is 2. The molecule has 0 bridgehead atoms. The van der Waals surface area contributed by atoms with E-state index in [-0.39, 0.29) is 23.7 Å². The second-order valence-electron chi connectivity index (χ2n) is 5.76. The Morgan fingerprint density at radius 3 is 2.63 bits per heavy atom. The molecule has 19 heavy (non-hydrogen) atoms. The molecular formula is C15H19NO2S. The second-order valence-corrected chi connectivity index (χ2v) is 6.71. The number of imide groups is 1. The Hall–Kier alpha value is -1.16. The Morgan fingerprint density at radius 1 is 1.26 bits per heavy atom. The maximum absolute atomic E-state index is 12.3. The molecule has 3 rings (SSSR count). The lowest BCUT2D eigenvalue weighted by molar-refractivity contribution is -0.138. The smallest absolute Gasteiger partial charge is 0.230 e. The Balaban J connectivity index is 1.94. The molecule has 1 saturated heterocycles. The average molecular weight is 277 g/mol. The molecule has 2 amide bonds. The fourth-order valence-corrected chi connectivity index (χ4v) is 4.74. The fraction of sp³-hybridized carbons (Fsp3) is 0.600. The Labute approximate surface area is 117 Å². The van der Waals surface area contributed by atoms with E-state index < -0.39 is 0 Å². The van der Waals surface area contributed by atoms with Crippen LogP contribution in [0.25, 0.3) is 0 Å². The first-order valence-electron chi connectivity index (χ1n) is 7.04. The van der Waals surface area contributed by atoms with Crippen LogP contribution in [0.15, 0.2) is 11.4 Å². The first-order valence-corrected chi connectivity index (χ1v) is 7.92. The summed E-state index contributed by atoms with van der Waals surface area (Å²) in [6.07, 6.45) is 5.17. The molecule has 2 heterocycles. The third kappa shape index (κ3) is 2.34. The van der Waals surface area contributed by atoms with Gasteiger partial charge in [0.05, 0.1) is 0 Å². The van der Waals surface area contributed by atoms with Crippen molar-refractivity contribution in [2.75, 3.05) is 0 Å². The molecule has 2 fully saturated rings. The highest BCUT2D eigenvalue weighted by Gasteiger charge is 2.43. The van der Waals surface area contributed by atoms with E-state index in [1.54, 1.807) is 11.3 Å². The topological polar surface area (TPSA) is 46.2 Å². The molecule has 4 heteroatoms. The zero-order chi connectivity index (χ0) is 13.4. The zero-order valence-corrected chi connectivity index (χ0v) is 12.0. The summed E-state index contributed by atoms with van der Waals surface area (Å²) in [5.74, 6) is 0.402. The number of nitrogens with one attached hydrogen (secondary N) is 1. The number of piperidine rings is 1. The van der Waals surface area contributed by atoms with E-state index in [2.05, 4.69) is 23.7 Å². The van der Waals surface area contributed by atoms with Gasteiger partial charge in [-0.2, -0.15) is 0 Å². The van der Waals surface area contributed by atoms with Crippen LogP contribution in [0.4, 0.5) is 0 Å². The number of thiophene rings is 1. The van der Waals surface area contributed by atoms with Gasteiger partial charge in [-0.1, -0.05) is 12.8 Å². The molecule has 1 N–H and O–H groups in total. The number of amides is 2. The van der Waals surface area contributed by atoms with Gasteiger partial charge in [-0.15, -0.1) is 11.3 Å². The number of rotatable bonds is 2. The first-order chi connectivity index (χ1) is 9.16. The molecule has 1 aliphatic carbocycles. The highest BCUT2D eigenvalue weighted by Crippen LogP contribution is 2.44. The van der Waals surface area contributed by atoms with E-state index in [1.165, 1.54) is 23.3 Å². The van der Waals surface area contributed by atoms with E-state index in [4.69, 9.17) is 0 Å². The average Bonchev–Trinajstić information content (AvgIpc) is 2.99. The van der Waals surface area contributed by atoms with Crippen LogP contribution in [-0.2, 0) is 9.59 Å². The van der Waals surface area contributed by atoms with Crippen molar-refractivity contribution >= 4 is 23.2 Å². The summed E-state index contributed by atoms with van der Waals surface area (Å²) in [6.45, 7) is 2.08. The fourth-order valence-electron chi connectivity index (χ4n) is 3.66. The van der Waals surface area contributed by atoms with Gasteiger partial charge in [0.2, 0.25) is 11.8 Å². The van der Waals surface area contributed by atoms with Crippen molar-refractivity contribution in [3.05, 3.63) is 21.9 Å².